The maximum atomic E-state index is 11.8. The SMILES string of the molecule is C=CC(=O)OCCOC(=O)Nc1cc(NC(=O)OC(C)CO)ccc1C. The molecule has 1 unspecified atom stereocenters. The van der Waals surface area contributed by atoms with Crippen LogP contribution in [-0.2, 0) is 19.0 Å². The second-order valence-corrected chi connectivity index (χ2v) is 5.19. The minimum atomic E-state index is -0.739. The number of nitrogens with one attached hydrogen (secondary N) is 2. The van der Waals surface area contributed by atoms with Crippen molar-refractivity contribution in [2.45, 2.75) is 20.0 Å². The van der Waals surface area contributed by atoms with Gasteiger partial charge in [-0.1, -0.05) is 12.6 Å². The summed E-state index contributed by atoms with van der Waals surface area (Å²) < 4.78 is 14.4. The highest BCUT2D eigenvalue weighted by molar-refractivity contribution is 5.89. The smallest absolute Gasteiger partial charge is 0.411 e. The van der Waals surface area contributed by atoms with Crippen molar-refractivity contribution in [2.75, 3.05) is 30.5 Å². The van der Waals surface area contributed by atoms with E-state index in [-0.39, 0.29) is 19.8 Å². The van der Waals surface area contributed by atoms with Gasteiger partial charge in [-0.05, 0) is 31.5 Å². The van der Waals surface area contributed by atoms with Crippen LogP contribution in [0, 0.1) is 6.92 Å². The molecule has 0 fully saturated rings. The lowest BCUT2D eigenvalue weighted by atomic mass is 10.2. The quantitative estimate of drug-likeness (QED) is 0.279. The van der Waals surface area contributed by atoms with Crippen molar-refractivity contribution in [1.82, 2.24) is 0 Å². The Kier molecular flexibility index (Phi) is 8.65. The number of carbonyl (C=O) groups excluding carboxylic acids is 3. The Morgan fingerprint density at radius 1 is 1.19 bits per heavy atom. The largest absolute Gasteiger partial charge is 0.459 e. The van der Waals surface area contributed by atoms with Crippen molar-refractivity contribution in [3.63, 3.8) is 0 Å². The monoisotopic (exact) mass is 366 g/mol. The molecular formula is C17H22N2O7. The Labute approximate surface area is 150 Å². The topological polar surface area (TPSA) is 123 Å². The molecule has 1 rings (SSSR count). The fourth-order valence-corrected chi connectivity index (χ4v) is 1.68. The first-order valence-electron chi connectivity index (χ1n) is 7.77. The molecule has 0 spiro atoms. The van der Waals surface area contributed by atoms with Crippen LogP contribution in [0.5, 0.6) is 0 Å². The zero-order valence-electron chi connectivity index (χ0n) is 14.6. The van der Waals surface area contributed by atoms with E-state index in [4.69, 9.17) is 14.6 Å². The molecule has 0 aromatic heterocycles. The third-order valence-electron chi connectivity index (χ3n) is 3.01. The summed E-state index contributed by atoms with van der Waals surface area (Å²) in [6.45, 7) is 6.05. The molecule has 0 aliphatic rings. The normalized spacial score (nSPS) is 11.0. The highest BCUT2D eigenvalue weighted by Crippen LogP contribution is 2.20. The van der Waals surface area contributed by atoms with Crippen LogP contribution < -0.4 is 10.6 Å². The van der Waals surface area contributed by atoms with Gasteiger partial charge in [0.2, 0.25) is 0 Å². The molecule has 1 aromatic rings. The van der Waals surface area contributed by atoms with Crippen LogP contribution >= 0.6 is 0 Å². The number of esters is 1. The van der Waals surface area contributed by atoms with Crippen LogP contribution in [0.4, 0.5) is 21.0 Å². The molecule has 26 heavy (non-hydrogen) atoms. The van der Waals surface area contributed by atoms with Crippen molar-refractivity contribution in [2.24, 2.45) is 0 Å². The van der Waals surface area contributed by atoms with Gasteiger partial charge in [0.05, 0.1) is 6.61 Å². The van der Waals surface area contributed by atoms with E-state index in [1.54, 1.807) is 26.0 Å². The maximum absolute atomic E-state index is 11.8. The van der Waals surface area contributed by atoms with E-state index in [1.807, 2.05) is 0 Å². The third kappa shape index (κ3) is 7.67. The number of hydrogen-bond donors (Lipinski definition) is 3. The first-order valence-corrected chi connectivity index (χ1v) is 7.77. The minimum Gasteiger partial charge on any atom is -0.459 e. The van der Waals surface area contributed by atoms with Crippen molar-refractivity contribution < 1.29 is 33.7 Å². The third-order valence-corrected chi connectivity index (χ3v) is 3.01. The Balaban J connectivity index is 2.55. The van der Waals surface area contributed by atoms with Crippen molar-refractivity contribution in [3.8, 4) is 0 Å². The van der Waals surface area contributed by atoms with Crippen molar-refractivity contribution in [3.05, 3.63) is 36.4 Å². The van der Waals surface area contributed by atoms with Crippen LogP contribution in [0.25, 0.3) is 0 Å². The summed E-state index contributed by atoms with van der Waals surface area (Å²) in [5.41, 5.74) is 1.55. The Bertz CT molecular complexity index is 661. The summed E-state index contributed by atoms with van der Waals surface area (Å²) in [5, 5.41) is 13.9. The molecule has 0 aliphatic carbocycles. The molecule has 0 saturated carbocycles. The molecule has 3 N–H and O–H groups in total. The van der Waals surface area contributed by atoms with E-state index < -0.39 is 24.3 Å². The number of rotatable bonds is 8. The summed E-state index contributed by atoms with van der Waals surface area (Å²) >= 11 is 0. The number of ether oxygens (including phenoxy) is 3. The molecule has 1 aromatic carbocycles. The molecule has 0 bridgehead atoms. The predicted octanol–water partition coefficient (Wildman–Crippen LogP) is 2.20. The summed E-state index contributed by atoms with van der Waals surface area (Å²) in [4.78, 5) is 34.3. The van der Waals surface area contributed by atoms with Crippen LogP contribution in [-0.4, -0.2) is 49.2 Å². The molecule has 9 heteroatoms. The van der Waals surface area contributed by atoms with E-state index in [0.29, 0.717) is 11.4 Å². The van der Waals surface area contributed by atoms with E-state index >= 15 is 0 Å². The Morgan fingerprint density at radius 2 is 1.88 bits per heavy atom. The standard InChI is InChI=1S/C17H22N2O7/c1-4-15(21)24-7-8-25-16(22)19-14-9-13(6-5-11(14)2)18-17(23)26-12(3)10-20/h4-6,9,12,20H,1,7-8,10H2,2-3H3,(H,18,23)(H,19,22). The van der Waals surface area contributed by atoms with E-state index in [9.17, 15) is 14.4 Å². The molecule has 0 aliphatic heterocycles. The lowest BCUT2D eigenvalue weighted by Crippen LogP contribution is -2.23. The minimum absolute atomic E-state index is 0.0896. The lowest BCUT2D eigenvalue weighted by Gasteiger charge is -2.13. The van der Waals surface area contributed by atoms with Gasteiger partial charge >= 0.3 is 18.2 Å². The Hall–Kier alpha value is -3.07. The van der Waals surface area contributed by atoms with Gasteiger partial charge in [-0.25, -0.2) is 14.4 Å². The molecule has 2 amide bonds. The van der Waals surface area contributed by atoms with Gasteiger partial charge in [0, 0.05) is 17.5 Å². The van der Waals surface area contributed by atoms with Gasteiger partial charge in [-0.15, -0.1) is 0 Å². The van der Waals surface area contributed by atoms with E-state index in [1.165, 1.54) is 6.07 Å². The van der Waals surface area contributed by atoms with Crippen LogP contribution in [0.3, 0.4) is 0 Å². The number of anilines is 2. The number of amides is 2. The fraction of sp³-hybridized carbons (Fsp3) is 0.353. The summed E-state index contributed by atoms with van der Waals surface area (Å²) in [6, 6.07) is 4.84. The number of aliphatic hydroxyl groups excluding tert-OH is 1. The van der Waals surface area contributed by atoms with Crippen LogP contribution in [0.2, 0.25) is 0 Å². The zero-order valence-corrected chi connectivity index (χ0v) is 14.6. The number of carbonyl (C=O) groups is 3. The lowest BCUT2D eigenvalue weighted by molar-refractivity contribution is -0.138. The number of aryl methyl sites for hydroxylation is 1. The molecule has 0 saturated heterocycles. The van der Waals surface area contributed by atoms with Crippen molar-refractivity contribution >= 4 is 29.5 Å². The van der Waals surface area contributed by atoms with Gasteiger partial charge in [-0.3, -0.25) is 10.6 Å². The molecule has 9 nitrogen and oxygen atoms in total. The summed E-state index contributed by atoms with van der Waals surface area (Å²) in [6.07, 6.45) is -1.10. The van der Waals surface area contributed by atoms with Crippen molar-refractivity contribution in [1.29, 1.82) is 0 Å². The molecule has 142 valence electrons. The van der Waals surface area contributed by atoms with Gasteiger partial charge in [0.1, 0.15) is 19.3 Å². The van der Waals surface area contributed by atoms with Gasteiger partial charge < -0.3 is 19.3 Å². The van der Waals surface area contributed by atoms with Gasteiger partial charge in [-0.2, -0.15) is 0 Å². The molecular weight excluding hydrogens is 344 g/mol. The number of benzene rings is 1. The van der Waals surface area contributed by atoms with Crippen LogP contribution in [0.1, 0.15) is 12.5 Å². The first-order chi connectivity index (χ1) is 12.3. The summed E-state index contributed by atoms with van der Waals surface area (Å²) in [7, 11) is 0. The number of hydrogen-bond acceptors (Lipinski definition) is 7. The van der Waals surface area contributed by atoms with Crippen LogP contribution in [0.15, 0.2) is 30.9 Å². The molecule has 1 atom stereocenters. The Morgan fingerprint density at radius 3 is 2.54 bits per heavy atom. The van der Waals surface area contributed by atoms with Gasteiger partial charge in [0.25, 0.3) is 0 Å². The van der Waals surface area contributed by atoms with E-state index in [2.05, 4.69) is 21.9 Å². The number of aliphatic hydroxyl groups is 1. The second kappa shape index (κ2) is 10.7. The average molecular weight is 366 g/mol. The maximum Gasteiger partial charge on any atom is 0.411 e. The summed E-state index contributed by atoms with van der Waals surface area (Å²) in [5.74, 6) is -0.606. The fourth-order valence-electron chi connectivity index (χ4n) is 1.68. The second-order valence-electron chi connectivity index (χ2n) is 5.19. The predicted molar refractivity (Wildman–Crippen MR) is 94.0 cm³/mol. The molecule has 0 heterocycles. The average Bonchev–Trinajstić information content (AvgIpc) is 2.61. The zero-order chi connectivity index (χ0) is 19.5. The van der Waals surface area contributed by atoms with E-state index in [0.717, 1.165) is 11.6 Å². The van der Waals surface area contributed by atoms with Gasteiger partial charge in [0.15, 0.2) is 0 Å². The highest BCUT2D eigenvalue weighted by Gasteiger charge is 2.11. The molecule has 0 radical (unpaired) electrons. The first kappa shape index (κ1) is 21.0. The highest BCUT2D eigenvalue weighted by atomic mass is 16.6.